The lowest BCUT2D eigenvalue weighted by Gasteiger charge is -2.08. The zero-order chi connectivity index (χ0) is 24.3. The minimum Gasteiger partial charge on any atom is -0.494 e. The van der Waals surface area contributed by atoms with Crippen molar-refractivity contribution in [3.8, 4) is 11.5 Å². The second-order valence-electron chi connectivity index (χ2n) is 7.55. The smallest absolute Gasteiger partial charge is 0.343 e. The summed E-state index contributed by atoms with van der Waals surface area (Å²) in [6.07, 6.45) is 6.10. The van der Waals surface area contributed by atoms with E-state index >= 15 is 0 Å². The molecule has 34 heavy (non-hydrogen) atoms. The number of hydrogen-bond donors (Lipinski definition) is 0. The molecule has 0 N–H and O–H groups in total. The number of rotatable bonds is 11. The van der Waals surface area contributed by atoms with Crippen LogP contribution in [0.3, 0.4) is 0 Å². The number of unbranched alkanes of at least 4 members (excludes halogenated alkanes) is 2. The monoisotopic (exact) mass is 459 g/mol. The van der Waals surface area contributed by atoms with Crippen molar-refractivity contribution in [1.82, 2.24) is 0 Å². The number of nitro benzene ring substituents is 1. The lowest BCUT2D eigenvalue weighted by Crippen LogP contribution is -2.08. The molecule has 0 heterocycles. The van der Waals surface area contributed by atoms with E-state index in [1.54, 1.807) is 54.6 Å². The maximum absolute atomic E-state index is 12.5. The van der Waals surface area contributed by atoms with Crippen LogP contribution < -0.4 is 9.47 Å². The Kier molecular flexibility index (Phi) is 8.68. The summed E-state index contributed by atoms with van der Waals surface area (Å²) < 4.78 is 11.1. The Balaban J connectivity index is 1.60. The number of esters is 1. The molecule has 0 amide bonds. The fraction of sp³-hybridized carbons (Fsp3) is 0.185. The maximum Gasteiger partial charge on any atom is 0.343 e. The van der Waals surface area contributed by atoms with Gasteiger partial charge >= 0.3 is 5.97 Å². The van der Waals surface area contributed by atoms with Gasteiger partial charge in [0.2, 0.25) is 0 Å². The molecular weight excluding hydrogens is 434 g/mol. The summed E-state index contributed by atoms with van der Waals surface area (Å²) in [7, 11) is 0. The van der Waals surface area contributed by atoms with Crippen LogP contribution in [0.25, 0.3) is 6.08 Å². The fourth-order valence-electron chi connectivity index (χ4n) is 3.12. The molecule has 3 aromatic carbocycles. The van der Waals surface area contributed by atoms with Gasteiger partial charge in [-0.25, -0.2) is 4.79 Å². The van der Waals surface area contributed by atoms with E-state index in [4.69, 9.17) is 9.47 Å². The van der Waals surface area contributed by atoms with Crippen LogP contribution in [-0.2, 0) is 0 Å². The Morgan fingerprint density at radius 3 is 2.41 bits per heavy atom. The standard InChI is InChI=1S/C27H25NO6/c1-2-3-4-17-33-24-14-12-21(13-15-24)27(30)34-25-10-5-7-20(18-25)11-16-26(29)22-8-6-9-23(19-22)28(31)32/h5-16,18-19H,2-4,17H2,1H3/b16-11+. The van der Waals surface area contributed by atoms with Crippen molar-refractivity contribution in [3.05, 3.63) is 106 Å². The van der Waals surface area contributed by atoms with Crippen molar-refractivity contribution in [2.45, 2.75) is 26.2 Å². The number of ether oxygens (including phenoxy) is 2. The van der Waals surface area contributed by atoms with E-state index in [-0.39, 0.29) is 17.0 Å². The Hall–Kier alpha value is -4.26. The number of nitrogens with zero attached hydrogens (tertiary/aromatic N) is 1. The van der Waals surface area contributed by atoms with Gasteiger partial charge in [0.05, 0.1) is 17.1 Å². The van der Waals surface area contributed by atoms with Gasteiger partial charge in [0.15, 0.2) is 5.78 Å². The zero-order valence-corrected chi connectivity index (χ0v) is 18.8. The zero-order valence-electron chi connectivity index (χ0n) is 18.8. The molecule has 0 saturated carbocycles. The highest BCUT2D eigenvalue weighted by atomic mass is 16.6. The Morgan fingerprint density at radius 2 is 1.68 bits per heavy atom. The van der Waals surface area contributed by atoms with E-state index in [1.165, 1.54) is 30.3 Å². The number of benzene rings is 3. The lowest BCUT2D eigenvalue weighted by atomic mass is 10.1. The Morgan fingerprint density at radius 1 is 0.912 bits per heavy atom. The average molecular weight is 459 g/mol. The molecule has 0 bridgehead atoms. The molecule has 0 radical (unpaired) electrons. The van der Waals surface area contributed by atoms with Gasteiger partial charge < -0.3 is 9.47 Å². The molecule has 0 aromatic heterocycles. The molecule has 7 nitrogen and oxygen atoms in total. The van der Waals surface area contributed by atoms with Crippen molar-refractivity contribution < 1.29 is 24.0 Å². The molecule has 0 spiro atoms. The molecule has 7 heteroatoms. The average Bonchev–Trinajstić information content (AvgIpc) is 2.86. The van der Waals surface area contributed by atoms with E-state index in [1.807, 2.05) is 0 Å². The number of carbonyl (C=O) groups is 2. The van der Waals surface area contributed by atoms with Crippen LogP contribution in [0.2, 0.25) is 0 Å². The Labute approximate surface area is 197 Å². The number of nitro groups is 1. The summed E-state index contributed by atoms with van der Waals surface area (Å²) in [6, 6.07) is 19.0. The van der Waals surface area contributed by atoms with Gasteiger partial charge in [-0.3, -0.25) is 14.9 Å². The van der Waals surface area contributed by atoms with E-state index in [2.05, 4.69) is 6.92 Å². The van der Waals surface area contributed by atoms with Gasteiger partial charge in [0.1, 0.15) is 11.5 Å². The second kappa shape index (κ2) is 12.1. The van der Waals surface area contributed by atoms with E-state index < -0.39 is 10.9 Å². The summed E-state index contributed by atoms with van der Waals surface area (Å²) in [6.45, 7) is 2.77. The van der Waals surface area contributed by atoms with E-state index in [9.17, 15) is 19.7 Å². The molecule has 0 aliphatic rings. The number of ketones is 1. The van der Waals surface area contributed by atoms with Crippen LogP contribution in [0.15, 0.2) is 78.9 Å². The molecule has 3 rings (SSSR count). The van der Waals surface area contributed by atoms with Crippen molar-refractivity contribution in [2.24, 2.45) is 0 Å². The van der Waals surface area contributed by atoms with Gasteiger partial charge in [-0.05, 0) is 54.5 Å². The lowest BCUT2D eigenvalue weighted by molar-refractivity contribution is -0.384. The fourth-order valence-corrected chi connectivity index (χ4v) is 3.12. The first-order chi connectivity index (χ1) is 16.5. The predicted octanol–water partition coefficient (Wildman–Crippen LogP) is 6.28. The quantitative estimate of drug-likeness (QED) is 0.0637. The van der Waals surface area contributed by atoms with Crippen LogP contribution >= 0.6 is 0 Å². The third kappa shape index (κ3) is 7.13. The third-order valence-corrected chi connectivity index (χ3v) is 4.94. The van der Waals surface area contributed by atoms with Crippen molar-refractivity contribution in [2.75, 3.05) is 6.61 Å². The SMILES string of the molecule is CCCCCOc1ccc(C(=O)Oc2cccc(/C=C/C(=O)c3cccc([N+](=O)[O-])c3)c2)cc1. The Bertz CT molecular complexity index is 1180. The van der Waals surface area contributed by atoms with Crippen LogP contribution in [0, 0.1) is 10.1 Å². The van der Waals surface area contributed by atoms with Crippen LogP contribution in [0.1, 0.15) is 52.5 Å². The summed E-state index contributed by atoms with van der Waals surface area (Å²) in [5.41, 5.74) is 1.10. The normalized spacial score (nSPS) is 10.7. The molecule has 0 fully saturated rings. The molecule has 0 atom stereocenters. The molecule has 174 valence electrons. The molecular formula is C27H25NO6. The van der Waals surface area contributed by atoms with Gasteiger partial charge in [-0.1, -0.05) is 50.1 Å². The van der Waals surface area contributed by atoms with Crippen molar-refractivity contribution in [1.29, 1.82) is 0 Å². The maximum atomic E-state index is 12.5. The largest absolute Gasteiger partial charge is 0.494 e. The highest BCUT2D eigenvalue weighted by molar-refractivity contribution is 6.07. The third-order valence-electron chi connectivity index (χ3n) is 4.94. The topological polar surface area (TPSA) is 95.7 Å². The number of allylic oxidation sites excluding steroid dienone is 1. The first-order valence-electron chi connectivity index (χ1n) is 11.0. The van der Waals surface area contributed by atoms with Gasteiger partial charge in [0, 0.05) is 17.7 Å². The van der Waals surface area contributed by atoms with E-state index in [0.29, 0.717) is 29.2 Å². The minimum absolute atomic E-state index is 0.149. The molecule has 0 aliphatic carbocycles. The molecule has 0 unspecified atom stereocenters. The van der Waals surface area contributed by atoms with Crippen LogP contribution in [-0.4, -0.2) is 23.3 Å². The number of non-ortho nitro benzene ring substituents is 1. The number of hydrogen-bond acceptors (Lipinski definition) is 6. The second-order valence-corrected chi connectivity index (χ2v) is 7.55. The predicted molar refractivity (Wildman–Crippen MR) is 129 cm³/mol. The van der Waals surface area contributed by atoms with Crippen LogP contribution in [0.4, 0.5) is 5.69 Å². The van der Waals surface area contributed by atoms with E-state index in [0.717, 1.165) is 19.3 Å². The highest BCUT2D eigenvalue weighted by Gasteiger charge is 2.11. The minimum atomic E-state index is -0.549. The highest BCUT2D eigenvalue weighted by Crippen LogP contribution is 2.19. The summed E-state index contributed by atoms with van der Waals surface area (Å²) in [4.78, 5) is 35.2. The summed E-state index contributed by atoms with van der Waals surface area (Å²) >= 11 is 0. The number of carbonyl (C=O) groups excluding carboxylic acids is 2. The summed E-state index contributed by atoms with van der Waals surface area (Å²) in [5.74, 6) is 0.150. The molecule has 3 aromatic rings. The van der Waals surface area contributed by atoms with Gasteiger partial charge in [0.25, 0.3) is 5.69 Å². The van der Waals surface area contributed by atoms with Crippen molar-refractivity contribution in [3.63, 3.8) is 0 Å². The summed E-state index contributed by atoms with van der Waals surface area (Å²) in [5, 5.41) is 10.9. The van der Waals surface area contributed by atoms with Crippen molar-refractivity contribution >= 4 is 23.5 Å². The van der Waals surface area contributed by atoms with Gasteiger partial charge in [-0.2, -0.15) is 0 Å². The first-order valence-corrected chi connectivity index (χ1v) is 11.0. The first kappa shape index (κ1) is 24.4. The van der Waals surface area contributed by atoms with Gasteiger partial charge in [-0.15, -0.1) is 0 Å². The van der Waals surface area contributed by atoms with Crippen LogP contribution in [0.5, 0.6) is 11.5 Å². The molecule has 0 saturated heterocycles. The molecule has 0 aliphatic heterocycles.